The molecular weight excluding hydrogens is 432 g/mol. The Morgan fingerprint density at radius 3 is 1.94 bits per heavy atom. The van der Waals surface area contributed by atoms with Gasteiger partial charge in [0.15, 0.2) is 0 Å². The molecule has 0 radical (unpaired) electrons. The molecule has 1 N–H and O–H groups in total. The largest absolute Gasteiger partial charge is 0.477 e. The van der Waals surface area contributed by atoms with Gasteiger partial charge >= 0.3 is 5.97 Å². The van der Waals surface area contributed by atoms with Crippen LogP contribution in [0.3, 0.4) is 0 Å². The van der Waals surface area contributed by atoms with E-state index in [0.29, 0.717) is 44.0 Å². The van der Waals surface area contributed by atoms with E-state index in [0.717, 1.165) is 16.8 Å². The summed E-state index contributed by atoms with van der Waals surface area (Å²) in [5.74, 6) is -1.24. The molecule has 34 heavy (non-hydrogen) atoms. The first kappa shape index (κ1) is 26.8. The van der Waals surface area contributed by atoms with Crippen molar-refractivity contribution in [2.45, 2.75) is 6.42 Å². The van der Waals surface area contributed by atoms with E-state index in [9.17, 15) is 15.2 Å². The summed E-state index contributed by atoms with van der Waals surface area (Å²) in [5.41, 5.74) is 4.05. The SMILES string of the molecule is COCCOCCOCC/C(=C(/C#N)C(=O)O)c1ccc(C=Cc2ccc(N(C)C)cc2)cc1. The summed E-state index contributed by atoms with van der Waals surface area (Å²) in [6, 6.07) is 17.5. The molecular formula is C27H32N2O5. The predicted octanol–water partition coefficient (Wildman–Crippen LogP) is 4.35. The van der Waals surface area contributed by atoms with E-state index in [1.165, 1.54) is 0 Å². The lowest BCUT2D eigenvalue weighted by atomic mass is 9.96. The van der Waals surface area contributed by atoms with Crippen molar-refractivity contribution in [2.24, 2.45) is 0 Å². The minimum absolute atomic E-state index is 0.274. The lowest BCUT2D eigenvalue weighted by Crippen LogP contribution is -2.10. The lowest BCUT2D eigenvalue weighted by molar-refractivity contribution is -0.132. The molecule has 2 aromatic rings. The molecule has 7 heteroatoms. The normalized spacial score (nSPS) is 11.8. The molecule has 0 bridgehead atoms. The summed E-state index contributed by atoms with van der Waals surface area (Å²) >= 11 is 0. The van der Waals surface area contributed by atoms with Crippen molar-refractivity contribution < 1.29 is 24.1 Å². The van der Waals surface area contributed by atoms with E-state index in [4.69, 9.17) is 14.2 Å². The monoisotopic (exact) mass is 464 g/mol. The quantitative estimate of drug-likeness (QED) is 0.192. The number of methoxy groups -OCH3 is 1. The number of benzene rings is 2. The van der Waals surface area contributed by atoms with Crippen LogP contribution in [0.4, 0.5) is 5.69 Å². The number of ether oxygens (including phenoxy) is 3. The highest BCUT2D eigenvalue weighted by Crippen LogP contribution is 2.24. The first-order valence-electron chi connectivity index (χ1n) is 11.0. The molecule has 0 atom stereocenters. The second-order valence-electron chi connectivity index (χ2n) is 7.68. The second kappa shape index (κ2) is 14.7. The highest BCUT2D eigenvalue weighted by Gasteiger charge is 2.16. The van der Waals surface area contributed by atoms with Gasteiger partial charge in [-0.05, 0) is 40.8 Å². The van der Waals surface area contributed by atoms with Crippen LogP contribution < -0.4 is 4.90 Å². The van der Waals surface area contributed by atoms with Crippen molar-refractivity contribution in [1.82, 2.24) is 0 Å². The molecule has 0 heterocycles. The Morgan fingerprint density at radius 1 is 0.912 bits per heavy atom. The van der Waals surface area contributed by atoms with Crippen LogP contribution in [0.5, 0.6) is 0 Å². The highest BCUT2D eigenvalue weighted by molar-refractivity contribution is 6.00. The van der Waals surface area contributed by atoms with Crippen LogP contribution in [0.1, 0.15) is 23.1 Å². The summed E-state index contributed by atoms with van der Waals surface area (Å²) in [6.45, 7) is 2.10. The molecule has 0 aliphatic rings. The minimum Gasteiger partial charge on any atom is -0.477 e. The van der Waals surface area contributed by atoms with Gasteiger partial charge in [-0.2, -0.15) is 5.26 Å². The number of hydrogen-bond donors (Lipinski definition) is 1. The number of hydrogen-bond acceptors (Lipinski definition) is 6. The third kappa shape index (κ3) is 8.83. The zero-order valence-electron chi connectivity index (χ0n) is 20.0. The average Bonchev–Trinajstić information content (AvgIpc) is 2.84. The Hall–Kier alpha value is -3.44. The van der Waals surface area contributed by atoms with Crippen molar-refractivity contribution in [3.63, 3.8) is 0 Å². The fourth-order valence-electron chi connectivity index (χ4n) is 3.17. The van der Waals surface area contributed by atoms with Crippen LogP contribution in [-0.2, 0) is 19.0 Å². The number of carbonyl (C=O) groups is 1. The highest BCUT2D eigenvalue weighted by atomic mass is 16.5. The Labute approximate surface area is 201 Å². The fraction of sp³-hybridized carbons (Fsp3) is 0.333. The maximum atomic E-state index is 11.6. The molecule has 0 aliphatic carbocycles. The number of carboxylic acid groups (broad SMARTS) is 1. The Balaban J connectivity index is 2.04. The molecule has 0 spiro atoms. The third-order valence-corrected chi connectivity index (χ3v) is 5.06. The van der Waals surface area contributed by atoms with Crippen molar-refractivity contribution in [1.29, 1.82) is 5.26 Å². The van der Waals surface area contributed by atoms with Crippen molar-refractivity contribution >= 4 is 29.4 Å². The van der Waals surface area contributed by atoms with Gasteiger partial charge in [0.1, 0.15) is 11.6 Å². The van der Waals surface area contributed by atoms with Gasteiger partial charge in [-0.3, -0.25) is 0 Å². The summed E-state index contributed by atoms with van der Waals surface area (Å²) in [7, 11) is 5.61. The molecule has 0 aliphatic heterocycles. The van der Waals surface area contributed by atoms with Gasteiger partial charge in [-0.15, -0.1) is 0 Å². The lowest BCUT2D eigenvalue weighted by Gasteiger charge is -2.12. The van der Waals surface area contributed by atoms with E-state index in [1.54, 1.807) is 7.11 Å². The van der Waals surface area contributed by atoms with Gasteiger partial charge in [-0.25, -0.2) is 4.79 Å². The summed E-state index contributed by atoms with van der Waals surface area (Å²) in [5, 5.41) is 18.9. The molecule has 2 aromatic carbocycles. The van der Waals surface area contributed by atoms with Gasteiger partial charge in [0.2, 0.25) is 0 Å². The smallest absolute Gasteiger partial charge is 0.346 e. The zero-order valence-corrected chi connectivity index (χ0v) is 20.0. The standard InChI is InChI=1S/C27H32N2O5/c1-29(2)24-12-8-22(9-13-24)5-4-21-6-10-23(11-7-21)25(26(20-28)27(30)31)14-15-33-18-19-34-17-16-32-3/h4-13H,14-19H2,1-3H3,(H,30,31)/b5-4?,26-25+. The van der Waals surface area contributed by atoms with Gasteiger partial charge in [0, 0.05) is 26.9 Å². The van der Waals surface area contributed by atoms with Crippen LogP contribution >= 0.6 is 0 Å². The topological polar surface area (TPSA) is 92.0 Å². The fourth-order valence-corrected chi connectivity index (χ4v) is 3.17. The van der Waals surface area contributed by atoms with E-state index in [-0.39, 0.29) is 12.2 Å². The first-order valence-corrected chi connectivity index (χ1v) is 11.0. The van der Waals surface area contributed by atoms with Crippen LogP contribution in [0.15, 0.2) is 54.1 Å². The van der Waals surface area contributed by atoms with Gasteiger partial charge in [0.25, 0.3) is 0 Å². The maximum absolute atomic E-state index is 11.6. The minimum atomic E-state index is -1.24. The van der Waals surface area contributed by atoms with Crippen molar-refractivity contribution in [2.75, 3.05) is 59.1 Å². The van der Waals surface area contributed by atoms with Crippen LogP contribution in [-0.4, -0.2) is 65.3 Å². The zero-order chi connectivity index (χ0) is 24.8. The molecule has 0 saturated heterocycles. The van der Waals surface area contributed by atoms with Crippen LogP contribution in [0.25, 0.3) is 17.7 Å². The Bertz CT molecular complexity index is 1000. The van der Waals surface area contributed by atoms with E-state index in [2.05, 4.69) is 24.3 Å². The summed E-state index contributed by atoms with van der Waals surface area (Å²) in [4.78, 5) is 13.7. The Morgan fingerprint density at radius 2 is 1.44 bits per heavy atom. The molecule has 0 amide bonds. The number of carboxylic acids is 1. The molecule has 0 unspecified atom stereocenters. The summed E-state index contributed by atoms with van der Waals surface area (Å²) < 4.78 is 15.8. The second-order valence-corrected chi connectivity index (χ2v) is 7.68. The maximum Gasteiger partial charge on any atom is 0.346 e. The number of aliphatic carboxylic acids is 1. The number of nitriles is 1. The Kier molecular flexibility index (Phi) is 11.6. The molecule has 7 nitrogen and oxygen atoms in total. The van der Waals surface area contributed by atoms with Crippen molar-refractivity contribution in [3.05, 3.63) is 70.8 Å². The molecule has 180 valence electrons. The summed E-state index contributed by atoms with van der Waals surface area (Å²) in [6.07, 6.45) is 4.32. The van der Waals surface area contributed by atoms with Gasteiger partial charge < -0.3 is 24.2 Å². The van der Waals surface area contributed by atoms with E-state index in [1.807, 2.05) is 61.5 Å². The van der Waals surface area contributed by atoms with Gasteiger partial charge in [-0.1, -0.05) is 48.6 Å². The molecule has 0 aromatic heterocycles. The van der Waals surface area contributed by atoms with E-state index < -0.39 is 5.97 Å². The van der Waals surface area contributed by atoms with Crippen molar-refractivity contribution in [3.8, 4) is 6.07 Å². The predicted molar refractivity (Wildman–Crippen MR) is 134 cm³/mol. The first-order chi connectivity index (χ1) is 16.5. The molecule has 0 fully saturated rings. The number of rotatable bonds is 14. The van der Waals surface area contributed by atoms with E-state index >= 15 is 0 Å². The average molecular weight is 465 g/mol. The van der Waals surface area contributed by atoms with Crippen LogP contribution in [0.2, 0.25) is 0 Å². The number of anilines is 1. The number of nitrogens with zero attached hydrogens (tertiary/aromatic N) is 2. The van der Waals surface area contributed by atoms with Crippen LogP contribution in [0, 0.1) is 11.3 Å². The third-order valence-electron chi connectivity index (χ3n) is 5.06. The molecule has 2 rings (SSSR count). The molecule has 0 saturated carbocycles. The van der Waals surface area contributed by atoms with Gasteiger partial charge in [0.05, 0.1) is 33.0 Å².